The minimum atomic E-state index is -1.79. The van der Waals surface area contributed by atoms with Gasteiger partial charge >= 0.3 is 29.9 Å². The number of aliphatic carboxylic acids is 2. The Labute approximate surface area is 254 Å². The van der Waals surface area contributed by atoms with Gasteiger partial charge in [-0.15, -0.1) is 0 Å². The number of amides is 3. The third kappa shape index (κ3) is 8.55. The molecule has 0 saturated heterocycles. The Balaban J connectivity index is 1.89. The number of carboxylic acids is 3. The maximum atomic E-state index is 13.7. The summed E-state index contributed by atoms with van der Waals surface area (Å²) < 4.78 is 5.37. The van der Waals surface area contributed by atoms with Gasteiger partial charge in [0.25, 0.3) is 0 Å². The van der Waals surface area contributed by atoms with Crippen molar-refractivity contribution in [3.63, 3.8) is 0 Å². The monoisotopic (exact) mass is 611 g/mol. The molecular formula is C31H37N3O10. The molecule has 13 heteroatoms. The molecule has 3 amide bonds. The molecule has 4 N–H and O–H groups in total. The molecule has 0 spiro atoms. The van der Waals surface area contributed by atoms with E-state index < -0.39 is 53.4 Å². The summed E-state index contributed by atoms with van der Waals surface area (Å²) in [6.07, 6.45) is 1.06. The van der Waals surface area contributed by atoms with Gasteiger partial charge in [0.15, 0.2) is 0 Å². The summed E-state index contributed by atoms with van der Waals surface area (Å²) in [6, 6.07) is 10.1. The zero-order valence-corrected chi connectivity index (χ0v) is 25.0. The first-order valence-electron chi connectivity index (χ1n) is 14.1. The highest BCUT2D eigenvalue weighted by Crippen LogP contribution is 2.31. The quantitative estimate of drug-likeness (QED) is 0.304. The number of anilines is 2. The van der Waals surface area contributed by atoms with Crippen LogP contribution in [0.5, 0.6) is 0 Å². The topological polar surface area (TPSA) is 191 Å². The Hall–Kier alpha value is -4.94. The number of benzene rings is 2. The molecule has 13 nitrogen and oxygen atoms in total. The number of hydrogen-bond donors (Lipinski definition) is 4. The average Bonchev–Trinajstić information content (AvgIpc) is 2.96. The van der Waals surface area contributed by atoms with E-state index in [-0.39, 0.29) is 29.4 Å². The number of carbonyl (C=O) groups excluding carboxylic acids is 3. The lowest BCUT2D eigenvalue weighted by Crippen LogP contribution is -2.52. The van der Waals surface area contributed by atoms with Crippen LogP contribution in [0.1, 0.15) is 62.4 Å². The molecule has 0 heterocycles. The van der Waals surface area contributed by atoms with Gasteiger partial charge in [0.1, 0.15) is 11.6 Å². The minimum Gasteiger partial charge on any atom is -0.481 e. The van der Waals surface area contributed by atoms with Gasteiger partial charge in [0.05, 0.1) is 17.2 Å². The third-order valence-electron chi connectivity index (χ3n) is 7.33. The summed E-state index contributed by atoms with van der Waals surface area (Å²) in [7, 11) is 1.61. The summed E-state index contributed by atoms with van der Waals surface area (Å²) in [5, 5.41) is 31.0. The van der Waals surface area contributed by atoms with Crippen molar-refractivity contribution in [3.8, 4) is 0 Å². The van der Waals surface area contributed by atoms with Crippen molar-refractivity contribution < 1.29 is 48.8 Å². The fourth-order valence-corrected chi connectivity index (χ4v) is 5.11. The molecule has 44 heavy (non-hydrogen) atoms. The Morgan fingerprint density at radius 2 is 1.50 bits per heavy atom. The fourth-order valence-electron chi connectivity index (χ4n) is 5.11. The van der Waals surface area contributed by atoms with E-state index in [1.165, 1.54) is 53.4 Å². The number of para-hydroxylation sites is 1. The third-order valence-corrected chi connectivity index (χ3v) is 7.33. The van der Waals surface area contributed by atoms with Crippen LogP contribution >= 0.6 is 0 Å². The van der Waals surface area contributed by atoms with E-state index in [2.05, 4.69) is 5.32 Å². The number of nitrogens with zero attached hydrogens (tertiary/aromatic N) is 2. The van der Waals surface area contributed by atoms with E-state index in [1.807, 2.05) is 0 Å². The van der Waals surface area contributed by atoms with E-state index in [4.69, 9.17) is 4.74 Å². The van der Waals surface area contributed by atoms with Crippen LogP contribution < -0.4 is 10.2 Å². The van der Waals surface area contributed by atoms with E-state index >= 15 is 0 Å². The summed E-state index contributed by atoms with van der Waals surface area (Å²) in [4.78, 5) is 76.1. The van der Waals surface area contributed by atoms with Crippen molar-refractivity contribution in [1.29, 1.82) is 0 Å². The molecule has 236 valence electrons. The van der Waals surface area contributed by atoms with Crippen LogP contribution in [0.2, 0.25) is 0 Å². The Morgan fingerprint density at radius 3 is 2.02 bits per heavy atom. The van der Waals surface area contributed by atoms with Crippen LogP contribution in [-0.2, 0) is 30.3 Å². The van der Waals surface area contributed by atoms with Crippen molar-refractivity contribution in [2.24, 2.45) is 5.92 Å². The normalized spacial score (nSPS) is 17.1. The lowest BCUT2D eigenvalue weighted by Gasteiger charge is -2.35. The van der Waals surface area contributed by atoms with Crippen LogP contribution in [0.4, 0.5) is 16.2 Å². The Bertz CT molecular complexity index is 1410. The highest BCUT2D eigenvalue weighted by atomic mass is 16.6. The number of aromatic carboxylic acids is 1. The second-order valence-corrected chi connectivity index (χ2v) is 11.6. The molecule has 2 aromatic rings. The first kappa shape index (κ1) is 33.6. The number of carboxylic acid groups (broad SMARTS) is 3. The van der Waals surface area contributed by atoms with Crippen molar-refractivity contribution >= 4 is 47.2 Å². The zero-order valence-electron chi connectivity index (χ0n) is 25.0. The number of carbonyl (C=O) groups is 6. The lowest BCUT2D eigenvalue weighted by molar-refractivity contribution is -0.148. The van der Waals surface area contributed by atoms with Crippen LogP contribution in [0.15, 0.2) is 48.5 Å². The molecule has 1 fully saturated rings. The predicted molar refractivity (Wildman–Crippen MR) is 158 cm³/mol. The largest absolute Gasteiger partial charge is 0.481 e. The summed E-state index contributed by atoms with van der Waals surface area (Å²) in [5.41, 5.74) is -0.629. The molecule has 0 unspecified atom stereocenters. The Morgan fingerprint density at radius 1 is 0.909 bits per heavy atom. The fraction of sp³-hybridized carbons (Fsp3) is 0.419. The summed E-state index contributed by atoms with van der Waals surface area (Å²) >= 11 is 0. The first-order valence-corrected chi connectivity index (χ1v) is 14.1. The van der Waals surface area contributed by atoms with Gasteiger partial charge in [0.2, 0.25) is 5.91 Å². The average molecular weight is 612 g/mol. The number of likely N-dealkylation sites (N-methyl/N-ethyl adjacent to an activating group) is 1. The van der Waals surface area contributed by atoms with E-state index in [1.54, 1.807) is 27.8 Å². The van der Waals surface area contributed by atoms with Gasteiger partial charge < -0.3 is 30.3 Å². The number of ether oxygens (including phenoxy) is 1. The van der Waals surface area contributed by atoms with E-state index in [0.717, 1.165) is 4.90 Å². The number of rotatable bonds is 9. The Kier molecular flexibility index (Phi) is 10.7. The molecule has 1 aliphatic carbocycles. The number of nitrogens with one attached hydrogen (secondary N) is 1. The molecule has 0 aliphatic heterocycles. The molecular weight excluding hydrogens is 574 g/mol. The van der Waals surface area contributed by atoms with Gasteiger partial charge in [-0.2, -0.15) is 0 Å². The van der Waals surface area contributed by atoms with Crippen LogP contribution in [0, 0.1) is 5.92 Å². The minimum absolute atomic E-state index is 0.00571. The van der Waals surface area contributed by atoms with Gasteiger partial charge in [0, 0.05) is 25.2 Å². The number of hydrogen-bond acceptors (Lipinski definition) is 7. The summed E-state index contributed by atoms with van der Waals surface area (Å²) in [5.74, 6) is -6.24. The van der Waals surface area contributed by atoms with Crippen molar-refractivity contribution in [1.82, 2.24) is 10.2 Å². The van der Waals surface area contributed by atoms with E-state index in [0.29, 0.717) is 31.2 Å². The maximum Gasteiger partial charge on any atom is 0.408 e. The summed E-state index contributed by atoms with van der Waals surface area (Å²) in [6.45, 7) is 5.05. The number of alkyl carbamates (subject to hydrolysis) is 1. The lowest BCUT2D eigenvalue weighted by atomic mass is 9.85. The van der Waals surface area contributed by atoms with Crippen molar-refractivity contribution in [2.75, 3.05) is 11.9 Å². The molecule has 3 rings (SSSR count). The molecule has 2 aromatic carbocycles. The SMILES string of the molecule is CN(C(=O)[C@@H](Cc1ccc(N(C(=O)C(=O)O)c2ccccc2C(=O)O)cc1)NC(=O)OC(C)(C)C)C1CCC(C(=O)O)CC1. The van der Waals surface area contributed by atoms with Gasteiger partial charge in [-0.1, -0.05) is 24.3 Å². The van der Waals surface area contributed by atoms with Gasteiger partial charge in [-0.3, -0.25) is 19.3 Å². The van der Waals surface area contributed by atoms with Gasteiger partial charge in [-0.05, 0) is 76.3 Å². The maximum absolute atomic E-state index is 13.7. The molecule has 0 radical (unpaired) electrons. The predicted octanol–water partition coefficient (Wildman–Crippen LogP) is 3.67. The van der Waals surface area contributed by atoms with Crippen molar-refractivity contribution in [3.05, 3.63) is 59.7 Å². The van der Waals surface area contributed by atoms with Crippen molar-refractivity contribution in [2.45, 2.75) is 70.6 Å². The second-order valence-electron chi connectivity index (χ2n) is 11.6. The molecule has 1 atom stereocenters. The molecule has 0 aromatic heterocycles. The first-order chi connectivity index (χ1) is 20.6. The smallest absolute Gasteiger partial charge is 0.408 e. The van der Waals surface area contributed by atoms with Gasteiger partial charge in [-0.25, -0.2) is 14.4 Å². The molecule has 1 aliphatic rings. The standard InChI is InChI=1S/C31H37N3O10/c1-31(2,3)44-30(43)32-23(25(35)33(4)20-15-11-19(12-16-20)27(37)38)17-18-9-13-21(14-10-18)34(26(36)29(41)42)24-8-6-5-7-22(24)28(39)40/h5-10,13-14,19-20,23H,11-12,15-17H2,1-4H3,(H,32,43)(H,37,38)(H,39,40)(H,41,42)/t19?,20?,23-/m1/s1. The second kappa shape index (κ2) is 14.0. The van der Waals surface area contributed by atoms with Crippen LogP contribution in [0.3, 0.4) is 0 Å². The van der Waals surface area contributed by atoms with Crippen LogP contribution in [0.25, 0.3) is 0 Å². The van der Waals surface area contributed by atoms with Crippen LogP contribution in [-0.4, -0.2) is 80.8 Å². The van der Waals surface area contributed by atoms with E-state index in [9.17, 15) is 44.1 Å². The highest BCUT2D eigenvalue weighted by molar-refractivity contribution is 6.39. The zero-order chi connectivity index (χ0) is 32.8. The highest BCUT2D eigenvalue weighted by Gasteiger charge is 2.34. The molecule has 1 saturated carbocycles. The molecule has 0 bridgehead atoms.